The molecule has 2 heterocycles. The molecule has 3 aromatic carbocycles. The Kier molecular flexibility index (Phi) is 6.14. The molecule has 7 nitrogen and oxygen atoms in total. The van der Waals surface area contributed by atoms with Crippen LogP contribution in [-0.2, 0) is 4.79 Å². The van der Waals surface area contributed by atoms with Gasteiger partial charge in [-0.05, 0) is 75.6 Å². The molecule has 0 fully saturated rings. The fraction of sp³-hybridized carbons (Fsp3) is 0.214. The summed E-state index contributed by atoms with van der Waals surface area (Å²) < 4.78 is 3.48. The van der Waals surface area contributed by atoms with E-state index in [4.69, 9.17) is 0 Å². The van der Waals surface area contributed by atoms with Crippen molar-refractivity contribution in [1.29, 1.82) is 0 Å². The first-order chi connectivity index (χ1) is 17.2. The summed E-state index contributed by atoms with van der Waals surface area (Å²) in [6.07, 6.45) is 0. The number of amides is 1. The highest BCUT2D eigenvalue weighted by Gasteiger charge is 2.23. The molecule has 1 N–H and O–H groups in total. The van der Waals surface area contributed by atoms with E-state index in [2.05, 4.69) is 15.5 Å². The van der Waals surface area contributed by atoms with E-state index in [1.165, 1.54) is 11.8 Å². The SMILES string of the molecule is Cc1ccc(NC(=O)C(C)Sc2nnc3n(-c4cc(C)ccc4C)c(=O)c4ccccc4n23)c(C)c1. The van der Waals surface area contributed by atoms with Crippen molar-refractivity contribution in [3.8, 4) is 5.69 Å². The molecule has 0 aliphatic rings. The summed E-state index contributed by atoms with van der Waals surface area (Å²) in [5, 5.41) is 12.5. The van der Waals surface area contributed by atoms with E-state index < -0.39 is 5.25 Å². The maximum absolute atomic E-state index is 13.6. The summed E-state index contributed by atoms with van der Waals surface area (Å²) >= 11 is 1.31. The van der Waals surface area contributed by atoms with Gasteiger partial charge in [-0.2, -0.15) is 0 Å². The lowest BCUT2D eigenvalue weighted by Gasteiger charge is -2.15. The van der Waals surface area contributed by atoms with Gasteiger partial charge in [0.25, 0.3) is 5.56 Å². The fourth-order valence-corrected chi connectivity index (χ4v) is 5.19. The Morgan fingerprint density at radius 3 is 2.42 bits per heavy atom. The summed E-state index contributed by atoms with van der Waals surface area (Å²) in [7, 11) is 0. The molecule has 0 saturated carbocycles. The molecule has 1 amide bonds. The Morgan fingerprint density at radius 1 is 0.917 bits per heavy atom. The minimum atomic E-state index is -0.446. The summed E-state index contributed by atoms with van der Waals surface area (Å²) in [5.41, 5.74) is 6.25. The summed E-state index contributed by atoms with van der Waals surface area (Å²) in [6, 6.07) is 19.3. The zero-order valence-electron chi connectivity index (χ0n) is 20.9. The van der Waals surface area contributed by atoms with E-state index in [0.717, 1.165) is 33.6 Å². The van der Waals surface area contributed by atoms with Crippen molar-refractivity contribution in [3.63, 3.8) is 0 Å². The molecule has 1 atom stereocenters. The zero-order valence-corrected chi connectivity index (χ0v) is 21.7. The Labute approximate surface area is 213 Å². The molecule has 0 bridgehead atoms. The minimum Gasteiger partial charge on any atom is -0.325 e. The molecule has 0 spiro atoms. The van der Waals surface area contributed by atoms with Gasteiger partial charge in [0.05, 0.1) is 21.8 Å². The smallest absolute Gasteiger partial charge is 0.267 e. The van der Waals surface area contributed by atoms with Gasteiger partial charge in [0.1, 0.15) is 0 Å². The second-order valence-electron chi connectivity index (χ2n) is 9.13. The Morgan fingerprint density at radius 2 is 1.64 bits per heavy atom. The number of nitrogens with zero attached hydrogens (tertiary/aromatic N) is 4. The first-order valence-corrected chi connectivity index (χ1v) is 12.6. The number of aromatic nitrogens is 4. The lowest BCUT2D eigenvalue weighted by molar-refractivity contribution is -0.115. The number of fused-ring (bicyclic) bond motifs is 3. The van der Waals surface area contributed by atoms with E-state index >= 15 is 0 Å². The van der Waals surface area contributed by atoms with Gasteiger partial charge in [0, 0.05) is 5.69 Å². The van der Waals surface area contributed by atoms with Crippen LogP contribution in [0.4, 0.5) is 5.69 Å². The lowest BCUT2D eigenvalue weighted by atomic mass is 10.1. The van der Waals surface area contributed by atoms with Crippen LogP contribution in [0.3, 0.4) is 0 Å². The van der Waals surface area contributed by atoms with Gasteiger partial charge in [-0.3, -0.25) is 14.0 Å². The standard InChI is InChI=1S/C28H27N5O2S/c1-16-11-13-22(19(4)14-16)29-25(34)20(5)36-28-31-30-27-32(24-15-17(2)10-12-18(24)3)26(35)21-8-6-7-9-23(21)33(27)28/h6-15,20H,1-5H3,(H,29,34). The van der Waals surface area contributed by atoms with E-state index in [-0.39, 0.29) is 11.5 Å². The number of anilines is 1. The van der Waals surface area contributed by atoms with Crippen molar-refractivity contribution in [2.24, 2.45) is 0 Å². The number of rotatable bonds is 5. The fourth-order valence-electron chi connectivity index (χ4n) is 4.33. The molecule has 8 heteroatoms. The molecule has 0 aliphatic heterocycles. The predicted molar refractivity (Wildman–Crippen MR) is 145 cm³/mol. The highest BCUT2D eigenvalue weighted by atomic mass is 32.2. The van der Waals surface area contributed by atoms with Crippen molar-refractivity contribution in [2.45, 2.75) is 45.0 Å². The molecular weight excluding hydrogens is 470 g/mol. The first-order valence-electron chi connectivity index (χ1n) is 11.8. The number of hydrogen-bond acceptors (Lipinski definition) is 5. The number of nitrogens with one attached hydrogen (secondary N) is 1. The summed E-state index contributed by atoms with van der Waals surface area (Å²) in [5.74, 6) is 0.285. The maximum atomic E-state index is 13.6. The quantitative estimate of drug-likeness (QED) is 0.330. The second-order valence-corrected chi connectivity index (χ2v) is 10.4. The normalized spacial score (nSPS) is 12.2. The zero-order chi connectivity index (χ0) is 25.6. The molecule has 2 aromatic heterocycles. The number of para-hydroxylation sites is 1. The van der Waals surface area contributed by atoms with E-state index in [1.807, 2.05) is 99.7 Å². The minimum absolute atomic E-state index is 0.129. The van der Waals surface area contributed by atoms with E-state index in [1.54, 1.807) is 4.57 Å². The van der Waals surface area contributed by atoms with E-state index in [0.29, 0.717) is 21.8 Å². The molecule has 5 rings (SSSR count). The molecule has 0 aliphatic carbocycles. The molecule has 0 saturated heterocycles. The van der Waals surface area contributed by atoms with Gasteiger partial charge >= 0.3 is 0 Å². The molecule has 36 heavy (non-hydrogen) atoms. The van der Waals surface area contributed by atoms with Crippen molar-refractivity contribution in [2.75, 3.05) is 5.32 Å². The number of hydrogen-bond donors (Lipinski definition) is 1. The predicted octanol–water partition coefficient (Wildman–Crippen LogP) is 5.39. The van der Waals surface area contributed by atoms with Crippen LogP contribution in [0.5, 0.6) is 0 Å². The van der Waals surface area contributed by atoms with Crippen LogP contribution in [0, 0.1) is 27.7 Å². The van der Waals surface area contributed by atoms with Crippen LogP contribution in [-0.4, -0.2) is 30.3 Å². The van der Waals surface area contributed by atoms with E-state index in [9.17, 15) is 9.59 Å². The van der Waals surface area contributed by atoms with Gasteiger partial charge in [-0.1, -0.05) is 53.7 Å². The third-order valence-corrected chi connectivity index (χ3v) is 7.33. The monoisotopic (exact) mass is 497 g/mol. The largest absolute Gasteiger partial charge is 0.325 e. The summed E-state index contributed by atoms with van der Waals surface area (Å²) in [4.78, 5) is 26.7. The topological polar surface area (TPSA) is 81.3 Å². The molecule has 1 unspecified atom stereocenters. The van der Waals surface area contributed by atoms with Crippen LogP contribution in [0.1, 0.15) is 29.2 Å². The third kappa shape index (κ3) is 4.18. The number of aryl methyl sites for hydroxylation is 4. The molecule has 5 aromatic rings. The number of carbonyl (C=O) groups excluding carboxylic acids is 1. The average molecular weight is 498 g/mol. The highest BCUT2D eigenvalue weighted by Crippen LogP contribution is 2.28. The van der Waals surface area contributed by atoms with Gasteiger partial charge in [0.2, 0.25) is 11.7 Å². The Hall–Kier alpha value is -3.91. The van der Waals surface area contributed by atoms with Gasteiger partial charge in [-0.15, -0.1) is 10.2 Å². The third-order valence-electron chi connectivity index (χ3n) is 6.29. The molecule has 0 radical (unpaired) electrons. The van der Waals surface area contributed by atoms with Crippen molar-refractivity contribution >= 4 is 40.0 Å². The van der Waals surface area contributed by atoms with Crippen LogP contribution >= 0.6 is 11.8 Å². The Balaban J connectivity index is 1.60. The van der Waals surface area contributed by atoms with Crippen molar-refractivity contribution < 1.29 is 4.79 Å². The molecular formula is C28H27N5O2S. The summed E-state index contributed by atoms with van der Waals surface area (Å²) in [6.45, 7) is 9.81. The van der Waals surface area contributed by atoms with Crippen LogP contribution in [0.25, 0.3) is 22.4 Å². The lowest BCUT2D eigenvalue weighted by Crippen LogP contribution is -2.24. The van der Waals surface area contributed by atoms with Crippen LogP contribution in [0.2, 0.25) is 0 Å². The maximum Gasteiger partial charge on any atom is 0.267 e. The average Bonchev–Trinajstić information content (AvgIpc) is 3.26. The highest BCUT2D eigenvalue weighted by molar-refractivity contribution is 8.00. The van der Waals surface area contributed by atoms with Crippen LogP contribution in [0.15, 0.2) is 70.6 Å². The first kappa shape index (κ1) is 23.8. The number of benzene rings is 3. The Bertz CT molecular complexity index is 1700. The van der Waals surface area contributed by atoms with Crippen LogP contribution < -0.4 is 10.9 Å². The van der Waals surface area contributed by atoms with Crippen molar-refractivity contribution in [3.05, 3.63) is 93.3 Å². The van der Waals surface area contributed by atoms with Gasteiger partial charge in [0.15, 0.2) is 5.16 Å². The second kappa shape index (κ2) is 9.28. The van der Waals surface area contributed by atoms with Crippen molar-refractivity contribution in [1.82, 2.24) is 19.2 Å². The van der Waals surface area contributed by atoms with Gasteiger partial charge < -0.3 is 5.32 Å². The van der Waals surface area contributed by atoms with Gasteiger partial charge in [-0.25, -0.2) is 4.57 Å². The number of carbonyl (C=O) groups is 1. The molecule has 182 valence electrons. The number of thioether (sulfide) groups is 1.